The van der Waals surface area contributed by atoms with E-state index in [9.17, 15) is 4.79 Å². The molecule has 140 valence electrons. The predicted octanol–water partition coefficient (Wildman–Crippen LogP) is 2.13. The normalized spacial score (nSPS) is 17.7. The van der Waals surface area contributed by atoms with Crippen LogP contribution in [0.4, 0.5) is 0 Å². The number of hydrogen-bond acceptors (Lipinski definition) is 7. The summed E-state index contributed by atoms with van der Waals surface area (Å²) in [6, 6.07) is 1.91. The van der Waals surface area contributed by atoms with E-state index in [2.05, 4.69) is 20.1 Å². The van der Waals surface area contributed by atoms with Crippen molar-refractivity contribution >= 4 is 5.91 Å². The molecule has 8 heteroatoms. The summed E-state index contributed by atoms with van der Waals surface area (Å²) < 4.78 is 11.0. The molecule has 0 spiro atoms. The molecule has 2 aromatic rings. The lowest BCUT2D eigenvalue weighted by molar-refractivity contribution is -0.139. The molecule has 1 amide bonds. The topological polar surface area (TPSA) is 94.2 Å². The van der Waals surface area contributed by atoms with Crippen molar-refractivity contribution in [3.05, 3.63) is 35.0 Å². The van der Waals surface area contributed by atoms with Gasteiger partial charge in [-0.2, -0.15) is 4.98 Å². The van der Waals surface area contributed by atoms with Gasteiger partial charge in [-0.3, -0.25) is 4.79 Å². The van der Waals surface area contributed by atoms with Crippen LogP contribution in [0.1, 0.15) is 61.2 Å². The fraction of sp³-hybridized carbons (Fsp3) is 0.611. The molecule has 3 heterocycles. The van der Waals surface area contributed by atoms with E-state index >= 15 is 0 Å². The highest BCUT2D eigenvalue weighted by Crippen LogP contribution is 2.22. The first-order chi connectivity index (χ1) is 12.4. The lowest BCUT2D eigenvalue weighted by atomic mass is 10.1. The van der Waals surface area contributed by atoms with Gasteiger partial charge in [-0.15, -0.1) is 0 Å². The molecule has 3 rings (SSSR count). The zero-order chi connectivity index (χ0) is 18.7. The summed E-state index contributed by atoms with van der Waals surface area (Å²) in [6.07, 6.45) is 0.574. The third-order valence-corrected chi connectivity index (χ3v) is 4.29. The van der Waals surface area contributed by atoms with Crippen LogP contribution in [0.15, 0.2) is 10.6 Å². The van der Waals surface area contributed by atoms with Gasteiger partial charge in [-0.05, 0) is 19.9 Å². The smallest absolute Gasteiger partial charge is 0.227 e. The quantitative estimate of drug-likeness (QED) is 0.807. The van der Waals surface area contributed by atoms with Gasteiger partial charge < -0.3 is 14.2 Å². The Morgan fingerprint density at radius 1 is 1.31 bits per heavy atom. The highest BCUT2D eigenvalue weighted by atomic mass is 16.5. The van der Waals surface area contributed by atoms with Gasteiger partial charge in [-0.1, -0.05) is 19.0 Å². The Morgan fingerprint density at radius 3 is 2.81 bits per heavy atom. The number of carbonyl (C=O) groups excluding carboxylic acids is 1. The summed E-state index contributed by atoms with van der Waals surface area (Å²) in [6.45, 7) is 9.37. The Balaban J connectivity index is 1.58. The number of aryl methyl sites for hydroxylation is 3. The summed E-state index contributed by atoms with van der Waals surface area (Å²) >= 11 is 0. The average molecular weight is 359 g/mol. The van der Waals surface area contributed by atoms with E-state index < -0.39 is 0 Å². The third kappa shape index (κ3) is 4.43. The molecule has 0 radical (unpaired) electrons. The first-order valence-corrected chi connectivity index (χ1v) is 8.96. The number of rotatable bonds is 5. The second-order valence-electron chi connectivity index (χ2n) is 6.88. The van der Waals surface area contributed by atoms with Crippen LogP contribution >= 0.6 is 0 Å². The molecule has 8 nitrogen and oxygen atoms in total. The molecule has 1 saturated heterocycles. The van der Waals surface area contributed by atoms with Gasteiger partial charge in [0.2, 0.25) is 11.8 Å². The largest absolute Gasteiger partial charge is 0.368 e. The second kappa shape index (κ2) is 7.90. The van der Waals surface area contributed by atoms with Crippen molar-refractivity contribution in [2.45, 2.75) is 52.6 Å². The van der Waals surface area contributed by atoms with E-state index in [1.165, 1.54) is 0 Å². The highest BCUT2D eigenvalue weighted by Gasteiger charge is 2.27. The maximum absolute atomic E-state index is 12.6. The first kappa shape index (κ1) is 18.4. The minimum atomic E-state index is -0.218. The molecule has 1 atom stereocenters. The van der Waals surface area contributed by atoms with Crippen LogP contribution in [0.2, 0.25) is 0 Å². The first-order valence-electron chi connectivity index (χ1n) is 8.96. The van der Waals surface area contributed by atoms with Crippen LogP contribution in [-0.4, -0.2) is 50.6 Å². The minimum Gasteiger partial charge on any atom is -0.368 e. The fourth-order valence-electron chi connectivity index (χ4n) is 2.94. The molecule has 0 N–H and O–H groups in total. The third-order valence-electron chi connectivity index (χ3n) is 4.29. The Morgan fingerprint density at radius 2 is 2.12 bits per heavy atom. The van der Waals surface area contributed by atoms with Crippen molar-refractivity contribution in [2.75, 3.05) is 19.7 Å². The molecule has 1 fully saturated rings. The second-order valence-corrected chi connectivity index (χ2v) is 6.88. The van der Waals surface area contributed by atoms with Gasteiger partial charge in [0.25, 0.3) is 0 Å². The average Bonchev–Trinajstić information content (AvgIpc) is 3.08. The Kier molecular flexibility index (Phi) is 5.61. The molecule has 0 aromatic carbocycles. The molecule has 1 aliphatic rings. The van der Waals surface area contributed by atoms with E-state index in [1.54, 1.807) is 0 Å². The van der Waals surface area contributed by atoms with Crippen LogP contribution in [0.25, 0.3) is 0 Å². The molecule has 26 heavy (non-hydrogen) atoms. The van der Waals surface area contributed by atoms with Crippen molar-refractivity contribution in [1.82, 2.24) is 25.0 Å². The van der Waals surface area contributed by atoms with Crippen LogP contribution < -0.4 is 0 Å². The number of aromatic nitrogens is 4. The number of nitrogens with zero attached hydrogens (tertiary/aromatic N) is 5. The standard InChI is InChI=1S/C18H25N5O3/c1-11(2)18-21-16(26-22-18)5-6-17(24)23-7-8-25-15(10-23)14-9-12(3)19-13(4)20-14/h9,11,15H,5-8,10H2,1-4H3/t15-/m1/s1. The van der Waals surface area contributed by atoms with E-state index in [-0.39, 0.29) is 17.9 Å². The zero-order valence-electron chi connectivity index (χ0n) is 15.7. The van der Waals surface area contributed by atoms with Gasteiger partial charge >= 0.3 is 0 Å². The molecule has 0 bridgehead atoms. The molecule has 0 saturated carbocycles. The summed E-state index contributed by atoms with van der Waals surface area (Å²) in [5.74, 6) is 2.17. The SMILES string of the molecule is Cc1cc([C@H]2CN(C(=O)CCc3nc(C(C)C)no3)CCO2)nc(C)n1. The fourth-order valence-corrected chi connectivity index (χ4v) is 2.94. The minimum absolute atomic E-state index is 0.0603. The number of morpholine rings is 1. The number of amides is 1. The van der Waals surface area contributed by atoms with Crippen molar-refractivity contribution in [1.29, 1.82) is 0 Å². The number of ether oxygens (including phenoxy) is 1. The van der Waals surface area contributed by atoms with Crippen LogP contribution in [-0.2, 0) is 16.0 Å². The molecule has 0 aliphatic carbocycles. The summed E-state index contributed by atoms with van der Waals surface area (Å²) in [5, 5.41) is 3.93. The van der Waals surface area contributed by atoms with Gasteiger partial charge in [0.1, 0.15) is 11.9 Å². The lowest BCUT2D eigenvalue weighted by Crippen LogP contribution is -2.42. The molecule has 2 aromatic heterocycles. The van der Waals surface area contributed by atoms with E-state index in [0.29, 0.717) is 50.1 Å². The van der Waals surface area contributed by atoms with Crippen LogP contribution in [0, 0.1) is 13.8 Å². The number of hydrogen-bond donors (Lipinski definition) is 0. The van der Waals surface area contributed by atoms with Crippen molar-refractivity contribution in [3.8, 4) is 0 Å². The van der Waals surface area contributed by atoms with Crippen molar-refractivity contribution in [3.63, 3.8) is 0 Å². The van der Waals surface area contributed by atoms with Gasteiger partial charge in [0.15, 0.2) is 5.82 Å². The Bertz CT molecular complexity index is 754. The monoisotopic (exact) mass is 359 g/mol. The zero-order valence-corrected chi connectivity index (χ0v) is 15.7. The summed E-state index contributed by atoms with van der Waals surface area (Å²) in [7, 11) is 0. The maximum Gasteiger partial charge on any atom is 0.227 e. The van der Waals surface area contributed by atoms with Crippen molar-refractivity contribution in [2.24, 2.45) is 0 Å². The van der Waals surface area contributed by atoms with Gasteiger partial charge in [-0.25, -0.2) is 9.97 Å². The lowest BCUT2D eigenvalue weighted by Gasteiger charge is -2.32. The molecule has 0 unspecified atom stereocenters. The van der Waals surface area contributed by atoms with Gasteiger partial charge in [0.05, 0.1) is 18.8 Å². The molecule has 1 aliphatic heterocycles. The molecular formula is C18H25N5O3. The Hall–Kier alpha value is -2.35. The highest BCUT2D eigenvalue weighted by molar-refractivity contribution is 5.76. The van der Waals surface area contributed by atoms with Crippen LogP contribution in [0.3, 0.4) is 0 Å². The van der Waals surface area contributed by atoms with E-state index in [4.69, 9.17) is 9.26 Å². The summed E-state index contributed by atoms with van der Waals surface area (Å²) in [5.41, 5.74) is 1.72. The molecular weight excluding hydrogens is 334 g/mol. The maximum atomic E-state index is 12.6. The summed E-state index contributed by atoms with van der Waals surface area (Å²) in [4.78, 5) is 27.5. The predicted molar refractivity (Wildman–Crippen MR) is 93.5 cm³/mol. The van der Waals surface area contributed by atoms with E-state index in [0.717, 1.165) is 11.4 Å². The van der Waals surface area contributed by atoms with Crippen LogP contribution in [0.5, 0.6) is 0 Å². The number of carbonyl (C=O) groups is 1. The van der Waals surface area contributed by atoms with Crippen molar-refractivity contribution < 1.29 is 14.1 Å². The van der Waals surface area contributed by atoms with E-state index in [1.807, 2.05) is 38.7 Å². The Labute approximate surface area is 153 Å². The van der Waals surface area contributed by atoms with Gasteiger partial charge in [0, 0.05) is 31.0 Å².